The zero-order valence-electron chi connectivity index (χ0n) is 23.5. The van der Waals surface area contributed by atoms with E-state index in [0.717, 1.165) is 55.5 Å². The highest BCUT2D eigenvalue weighted by Crippen LogP contribution is 2.41. The lowest BCUT2D eigenvalue weighted by molar-refractivity contribution is 0.0461. The second-order valence-corrected chi connectivity index (χ2v) is 13.4. The lowest BCUT2D eigenvalue weighted by atomic mass is 9.70. The molecule has 0 spiro atoms. The summed E-state index contributed by atoms with van der Waals surface area (Å²) in [6, 6.07) is 10.9. The fourth-order valence-electron chi connectivity index (χ4n) is 5.86. The Balaban J connectivity index is 1.50. The van der Waals surface area contributed by atoms with Crippen molar-refractivity contribution in [3.05, 3.63) is 70.3 Å². The lowest BCUT2D eigenvalue weighted by Crippen LogP contribution is -2.43. The van der Waals surface area contributed by atoms with Gasteiger partial charge in [-0.25, -0.2) is 18.4 Å². The number of carboxylic acids is 1. The number of aliphatic hydroxyl groups is 1. The fourth-order valence-corrected chi connectivity index (χ4v) is 7.08. The molecule has 4 atom stereocenters. The van der Waals surface area contributed by atoms with Gasteiger partial charge in [0.2, 0.25) is 10.0 Å². The number of hydrogen-bond acceptors (Lipinski definition) is 6. The number of carbonyl (C=O) groups is 1. The van der Waals surface area contributed by atoms with Crippen LogP contribution < -0.4 is 14.8 Å². The first kappa shape index (κ1) is 31.3. The first-order chi connectivity index (χ1) is 19.5. The molecule has 1 heterocycles. The van der Waals surface area contributed by atoms with E-state index in [1.807, 2.05) is 31.2 Å². The van der Waals surface area contributed by atoms with Gasteiger partial charge in [0.25, 0.3) is 0 Å². The summed E-state index contributed by atoms with van der Waals surface area (Å²) in [6.45, 7) is 3.70. The standard InChI is InChI=1S/C31H41ClN2O6S/c1-2-21(20-41(33,38)39)6-5-8-29(35)27-13-10-24(27)18-34-15-4-3-7-22-16-26(32)12-9-25(22)19-40-30-14-11-23(31(36)37)17-28(30)34/h5,8-9,11-12,14,16-17,21,24,27,29,35H,2-4,6-7,10,13,15,18-20H2,1H3,(H,36,37)(H2,33,38,39)/b8-5+/t21-,24+,27-,29+/m1/s1. The molecule has 0 unspecified atom stereocenters. The molecule has 224 valence electrons. The van der Waals surface area contributed by atoms with Crippen molar-refractivity contribution in [1.82, 2.24) is 0 Å². The summed E-state index contributed by atoms with van der Waals surface area (Å²) in [7, 11) is -3.54. The number of halogens is 1. The average molecular weight is 605 g/mol. The summed E-state index contributed by atoms with van der Waals surface area (Å²) in [5, 5.41) is 26.6. The van der Waals surface area contributed by atoms with Gasteiger partial charge in [0, 0.05) is 18.1 Å². The molecule has 1 aliphatic heterocycles. The molecule has 1 fully saturated rings. The van der Waals surface area contributed by atoms with Gasteiger partial charge in [0.15, 0.2) is 0 Å². The number of rotatable bonds is 10. The summed E-state index contributed by atoms with van der Waals surface area (Å²) in [4.78, 5) is 14.1. The van der Waals surface area contributed by atoms with E-state index in [0.29, 0.717) is 36.8 Å². The number of primary sulfonamides is 1. The molecule has 10 heteroatoms. The van der Waals surface area contributed by atoms with Crippen LogP contribution in [-0.2, 0) is 23.1 Å². The molecule has 41 heavy (non-hydrogen) atoms. The van der Waals surface area contributed by atoms with Gasteiger partial charge in [0.05, 0.1) is 23.1 Å². The molecule has 4 N–H and O–H groups in total. The second-order valence-electron chi connectivity index (χ2n) is 11.4. The van der Waals surface area contributed by atoms with Crippen molar-refractivity contribution in [3.8, 4) is 5.75 Å². The number of ether oxygens (including phenoxy) is 1. The predicted molar refractivity (Wildman–Crippen MR) is 162 cm³/mol. The molecule has 2 aliphatic rings. The molecule has 8 nitrogen and oxygen atoms in total. The Labute approximate surface area is 248 Å². The highest BCUT2D eigenvalue weighted by Gasteiger charge is 2.36. The van der Waals surface area contributed by atoms with Gasteiger partial charge in [-0.15, -0.1) is 0 Å². The SMILES string of the molecule is CC[C@H](C/C=C/[C@H](O)[C@@H]1CC[C@H]1CN1CCCCc2cc(Cl)ccc2COc2ccc(C(=O)O)cc21)CS(N)(=O)=O. The number of benzene rings is 2. The summed E-state index contributed by atoms with van der Waals surface area (Å²) in [6.07, 6.45) is 8.87. The van der Waals surface area contributed by atoms with Crippen LogP contribution in [0.25, 0.3) is 0 Å². The molecule has 1 aliphatic carbocycles. The van der Waals surface area contributed by atoms with Crippen LogP contribution in [0.15, 0.2) is 48.6 Å². The van der Waals surface area contributed by atoms with Crippen LogP contribution >= 0.6 is 11.6 Å². The number of nitrogens with two attached hydrogens (primary N) is 1. The van der Waals surface area contributed by atoms with E-state index in [1.54, 1.807) is 24.3 Å². The van der Waals surface area contributed by atoms with Crippen LogP contribution in [0, 0.1) is 17.8 Å². The lowest BCUT2D eigenvalue weighted by Gasteiger charge is -2.42. The van der Waals surface area contributed by atoms with Gasteiger partial charge >= 0.3 is 5.97 Å². The maximum Gasteiger partial charge on any atom is 0.335 e. The van der Waals surface area contributed by atoms with Crippen molar-refractivity contribution in [2.45, 2.75) is 64.6 Å². The van der Waals surface area contributed by atoms with E-state index in [2.05, 4.69) is 4.90 Å². The average Bonchev–Trinajstić information content (AvgIpc) is 2.92. The Morgan fingerprint density at radius 1 is 1.20 bits per heavy atom. The first-order valence-corrected chi connectivity index (χ1v) is 16.5. The third kappa shape index (κ3) is 8.70. The topological polar surface area (TPSA) is 130 Å². The fraction of sp³-hybridized carbons (Fsp3) is 0.516. The van der Waals surface area contributed by atoms with Crippen molar-refractivity contribution in [3.63, 3.8) is 0 Å². The highest BCUT2D eigenvalue weighted by molar-refractivity contribution is 7.89. The number of aromatic carboxylic acids is 1. The number of carboxylic acid groups (broad SMARTS) is 1. The Hall–Kier alpha value is -2.59. The Morgan fingerprint density at radius 2 is 2.00 bits per heavy atom. The van der Waals surface area contributed by atoms with Gasteiger partial charge in [-0.2, -0.15) is 0 Å². The number of allylic oxidation sites excluding steroid dienone is 1. The zero-order chi connectivity index (χ0) is 29.6. The normalized spacial score (nSPS) is 21.1. The van der Waals surface area contributed by atoms with Crippen LogP contribution in [0.5, 0.6) is 5.75 Å². The minimum atomic E-state index is -3.54. The van der Waals surface area contributed by atoms with Crippen molar-refractivity contribution in [2.24, 2.45) is 22.9 Å². The highest BCUT2D eigenvalue weighted by atomic mass is 35.5. The molecule has 2 aromatic carbocycles. The molecule has 0 radical (unpaired) electrons. The van der Waals surface area contributed by atoms with Crippen LogP contribution in [-0.4, -0.2) is 49.5 Å². The smallest absolute Gasteiger partial charge is 0.335 e. The van der Waals surface area contributed by atoms with Gasteiger partial charge in [-0.3, -0.25) is 0 Å². The largest absolute Gasteiger partial charge is 0.487 e. The van der Waals surface area contributed by atoms with E-state index >= 15 is 0 Å². The van der Waals surface area contributed by atoms with Gasteiger partial charge in [-0.1, -0.05) is 43.2 Å². The van der Waals surface area contributed by atoms with E-state index in [1.165, 1.54) is 0 Å². The van der Waals surface area contributed by atoms with Crippen LogP contribution in [0.1, 0.15) is 66.9 Å². The van der Waals surface area contributed by atoms with Crippen molar-refractivity contribution in [2.75, 3.05) is 23.7 Å². The Morgan fingerprint density at radius 3 is 2.68 bits per heavy atom. The van der Waals surface area contributed by atoms with Crippen molar-refractivity contribution >= 4 is 33.3 Å². The Kier molecular flexibility index (Phi) is 10.7. The monoisotopic (exact) mass is 604 g/mol. The summed E-state index contributed by atoms with van der Waals surface area (Å²) >= 11 is 6.27. The maximum atomic E-state index is 11.8. The van der Waals surface area contributed by atoms with Crippen LogP contribution in [0.2, 0.25) is 5.02 Å². The molecule has 0 saturated heterocycles. The van der Waals surface area contributed by atoms with Crippen LogP contribution in [0.4, 0.5) is 5.69 Å². The summed E-state index contributed by atoms with van der Waals surface area (Å²) in [5.74, 6) is -0.204. The van der Waals surface area contributed by atoms with Gasteiger partial charge in [-0.05, 0) is 97.7 Å². The third-order valence-corrected chi connectivity index (χ3v) is 9.61. The quantitative estimate of drug-likeness (QED) is 0.309. The minimum absolute atomic E-state index is 0.0666. The van der Waals surface area contributed by atoms with E-state index in [-0.39, 0.29) is 29.1 Å². The number of aliphatic hydroxyl groups excluding tert-OH is 1. The molecular weight excluding hydrogens is 564 g/mol. The molecule has 0 aromatic heterocycles. The Bertz CT molecular complexity index is 1350. The number of anilines is 1. The van der Waals surface area contributed by atoms with Crippen molar-refractivity contribution < 1.29 is 28.2 Å². The number of hydrogen-bond donors (Lipinski definition) is 3. The van der Waals surface area contributed by atoms with E-state index in [4.69, 9.17) is 21.5 Å². The van der Waals surface area contributed by atoms with Crippen LogP contribution in [0.3, 0.4) is 0 Å². The maximum absolute atomic E-state index is 11.8. The molecule has 2 aromatic rings. The minimum Gasteiger partial charge on any atom is -0.487 e. The zero-order valence-corrected chi connectivity index (χ0v) is 25.1. The molecule has 4 rings (SSSR count). The number of sulfonamides is 1. The van der Waals surface area contributed by atoms with Gasteiger partial charge in [0.1, 0.15) is 12.4 Å². The second kappa shape index (κ2) is 14.1. The van der Waals surface area contributed by atoms with Gasteiger partial charge < -0.3 is 19.8 Å². The molecular formula is C31H41ClN2O6S. The molecule has 0 amide bonds. The third-order valence-electron chi connectivity index (χ3n) is 8.44. The number of nitrogens with zero attached hydrogens (tertiary/aromatic N) is 1. The summed E-state index contributed by atoms with van der Waals surface area (Å²) < 4.78 is 29.2. The van der Waals surface area contributed by atoms with E-state index < -0.39 is 22.1 Å². The first-order valence-electron chi connectivity index (χ1n) is 14.4. The van der Waals surface area contributed by atoms with E-state index in [9.17, 15) is 23.4 Å². The molecule has 0 bridgehead atoms. The molecule has 1 saturated carbocycles. The van der Waals surface area contributed by atoms with Crippen molar-refractivity contribution in [1.29, 1.82) is 0 Å². The predicted octanol–water partition coefficient (Wildman–Crippen LogP) is 5.41. The number of aryl methyl sites for hydroxylation is 1. The number of fused-ring (bicyclic) bond motifs is 2. The summed E-state index contributed by atoms with van der Waals surface area (Å²) in [5.41, 5.74) is 3.20.